The molecule has 20 heavy (non-hydrogen) atoms. The van der Waals surface area contributed by atoms with Crippen LogP contribution in [0.1, 0.15) is 33.3 Å². The average molecular weight is 280 g/mol. The van der Waals surface area contributed by atoms with Gasteiger partial charge in [0.15, 0.2) is 0 Å². The maximum Gasteiger partial charge on any atom is 0.514 e. The third-order valence-corrected chi connectivity index (χ3v) is 3.82. The zero-order chi connectivity index (χ0) is 15.1. The van der Waals surface area contributed by atoms with Crippen LogP contribution >= 0.6 is 0 Å². The number of amides is 1. The van der Waals surface area contributed by atoms with Crippen molar-refractivity contribution in [2.75, 3.05) is 0 Å². The summed E-state index contributed by atoms with van der Waals surface area (Å²) in [6.07, 6.45) is 0.875. The summed E-state index contributed by atoms with van der Waals surface area (Å²) in [6.45, 7) is 7.67. The standard InChI is InChI=1S/C13H18BFN2O3/c1-12(2)13(3,4)20-14(19-12)10-5-8(6-11(16)18)9(15)7-17-10/h5,7H,6H2,1-4H3,(H2,16,18). The van der Waals surface area contributed by atoms with Crippen LogP contribution in [-0.2, 0) is 20.5 Å². The first-order chi connectivity index (χ1) is 9.12. The summed E-state index contributed by atoms with van der Waals surface area (Å²) in [7, 11) is -0.688. The number of primary amides is 1. The fourth-order valence-electron chi connectivity index (χ4n) is 1.91. The molecule has 1 fully saturated rings. The van der Waals surface area contributed by atoms with Crippen molar-refractivity contribution in [2.24, 2.45) is 5.73 Å². The minimum absolute atomic E-state index is 0.180. The van der Waals surface area contributed by atoms with Crippen molar-refractivity contribution in [3.63, 3.8) is 0 Å². The predicted octanol–water partition coefficient (Wildman–Crippen LogP) is 0.548. The quantitative estimate of drug-likeness (QED) is 0.820. The molecule has 1 aromatic rings. The van der Waals surface area contributed by atoms with Crippen LogP contribution in [0.2, 0.25) is 0 Å². The number of carbonyl (C=O) groups is 1. The predicted molar refractivity (Wildman–Crippen MR) is 72.8 cm³/mol. The van der Waals surface area contributed by atoms with Crippen molar-refractivity contribution in [2.45, 2.75) is 45.3 Å². The molecule has 1 aliphatic heterocycles. The first kappa shape index (κ1) is 14.9. The van der Waals surface area contributed by atoms with Crippen molar-refractivity contribution >= 4 is 18.6 Å². The number of pyridine rings is 1. The van der Waals surface area contributed by atoms with Gasteiger partial charge in [0.2, 0.25) is 5.91 Å². The van der Waals surface area contributed by atoms with E-state index in [1.807, 2.05) is 27.7 Å². The van der Waals surface area contributed by atoms with Crippen LogP contribution in [0.5, 0.6) is 0 Å². The number of hydrogen-bond acceptors (Lipinski definition) is 4. The highest BCUT2D eigenvalue weighted by molar-refractivity contribution is 6.61. The molecule has 0 aromatic carbocycles. The number of nitrogens with two attached hydrogens (primary N) is 1. The maximum absolute atomic E-state index is 13.6. The topological polar surface area (TPSA) is 74.4 Å². The van der Waals surface area contributed by atoms with Gasteiger partial charge < -0.3 is 15.0 Å². The van der Waals surface area contributed by atoms with Crippen molar-refractivity contribution in [1.29, 1.82) is 0 Å². The Hall–Kier alpha value is -1.47. The van der Waals surface area contributed by atoms with Gasteiger partial charge in [-0.3, -0.25) is 9.78 Å². The highest BCUT2D eigenvalue weighted by atomic mass is 19.1. The molecule has 0 spiro atoms. The first-order valence-electron chi connectivity index (χ1n) is 6.41. The first-order valence-corrected chi connectivity index (χ1v) is 6.41. The van der Waals surface area contributed by atoms with E-state index in [2.05, 4.69) is 4.98 Å². The number of hydrogen-bond donors (Lipinski definition) is 1. The van der Waals surface area contributed by atoms with Crippen LogP contribution < -0.4 is 11.3 Å². The Balaban J connectivity index is 2.29. The van der Waals surface area contributed by atoms with Gasteiger partial charge in [-0.25, -0.2) is 4.39 Å². The molecule has 2 N–H and O–H groups in total. The van der Waals surface area contributed by atoms with Gasteiger partial charge >= 0.3 is 7.12 Å². The molecular formula is C13H18BFN2O3. The van der Waals surface area contributed by atoms with E-state index in [-0.39, 0.29) is 12.0 Å². The van der Waals surface area contributed by atoms with Gasteiger partial charge in [0, 0.05) is 0 Å². The SMILES string of the molecule is CC1(C)OB(c2cc(CC(N)=O)c(F)cn2)OC1(C)C. The third kappa shape index (κ3) is 2.69. The summed E-state index contributed by atoms with van der Waals surface area (Å²) in [5.74, 6) is -1.17. The molecule has 108 valence electrons. The Bertz CT molecular complexity index is 532. The van der Waals surface area contributed by atoms with Crippen LogP contribution in [0.3, 0.4) is 0 Å². The molecule has 1 aromatic heterocycles. The van der Waals surface area contributed by atoms with Gasteiger partial charge in [0.25, 0.3) is 0 Å². The van der Waals surface area contributed by atoms with Crippen LogP contribution in [-0.4, -0.2) is 29.2 Å². The Morgan fingerprint density at radius 2 is 1.90 bits per heavy atom. The molecule has 1 amide bonds. The van der Waals surface area contributed by atoms with Gasteiger partial charge in [-0.15, -0.1) is 0 Å². The number of carbonyl (C=O) groups excluding carboxylic acids is 1. The van der Waals surface area contributed by atoms with Crippen molar-refractivity contribution in [3.8, 4) is 0 Å². The fraction of sp³-hybridized carbons (Fsp3) is 0.538. The molecule has 0 atom stereocenters. The molecule has 1 aliphatic rings. The van der Waals surface area contributed by atoms with E-state index in [0.717, 1.165) is 6.20 Å². The number of aromatic nitrogens is 1. The summed E-state index contributed by atoms with van der Waals surface area (Å²) in [5, 5.41) is 0. The highest BCUT2D eigenvalue weighted by Gasteiger charge is 2.52. The van der Waals surface area contributed by atoms with Gasteiger partial charge in [0.1, 0.15) is 5.82 Å². The number of halogens is 1. The maximum atomic E-state index is 13.6. The minimum atomic E-state index is -0.688. The van der Waals surface area contributed by atoms with E-state index in [0.29, 0.717) is 5.59 Å². The Morgan fingerprint density at radius 3 is 2.40 bits per heavy atom. The third-order valence-electron chi connectivity index (χ3n) is 3.82. The zero-order valence-corrected chi connectivity index (χ0v) is 12.1. The molecule has 5 nitrogen and oxygen atoms in total. The second-order valence-corrected chi connectivity index (χ2v) is 5.93. The van der Waals surface area contributed by atoms with Crippen LogP contribution in [0, 0.1) is 5.82 Å². The molecule has 1 saturated heterocycles. The van der Waals surface area contributed by atoms with Gasteiger partial charge in [-0.2, -0.15) is 0 Å². The molecule has 0 aliphatic carbocycles. The van der Waals surface area contributed by atoms with E-state index < -0.39 is 30.0 Å². The van der Waals surface area contributed by atoms with Crippen molar-refractivity contribution in [1.82, 2.24) is 4.98 Å². The van der Waals surface area contributed by atoms with E-state index in [4.69, 9.17) is 15.0 Å². The molecule has 2 rings (SSSR count). The summed E-state index contributed by atoms with van der Waals surface area (Å²) >= 11 is 0. The second kappa shape index (κ2) is 4.82. The summed E-state index contributed by atoms with van der Waals surface area (Å²) in [6, 6.07) is 1.46. The van der Waals surface area contributed by atoms with Crippen LogP contribution in [0.15, 0.2) is 12.3 Å². The van der Waals surface area contributed by atoms with Crippen LogP contribution in [0.4, 0.5) is 4.39 Å². The number of nitrogens with zero attached hydrogens (tertiary/aromatic N) is 1. The summed E-state index contributed by atoms with van der Waals surface area (Å²) in [5.41, 5.74) is 4.71. The molecule has 0 unspecified atom stereocenters. The van der Waals surface area contributed by atoms with Gasteiger partial charge in [-0.05, 0) is 39.3 Å². The summed E-state index contributed by atoms with van der Waals surface area (Å²) in [4.78, 5) is 14.9. The molecule has 2 heterocycles. The van der Waals surface area contributed by atoms with Crippen molar-refractivity contribution < 1.29 is 18.5 Å². The lowest BCUT2D eigenvalue weighted by Gasteiger charge is -2.32. The summed E-state index contributed by atoms with van der Waals surface area (Å²) < 4.78 is 25.2. The van der Waals surface area contributed by atoms with Crippen LogP contribution in [0.25, 0.3) is 0 Å². The van der Waals surface area contributed by atoms with Crippen molar-refractivity contribution in [3.05, 3.63) is 23.6 Å². The second-order valence-electron chi connectivity index (χ2n) is 5.93. The van der Waals surface area contributed by atoms with E-state index >= 15 is 0 Å². The zero-order valence-electron chi connectivity index (χ0n) is 12.1. The highest BCUT2D eigenvalue weighted by Crippen LogP contribution is 2.36. The molecule has 0 bridgehead atoms. The van der Waals surface area contributed by atoms with Gasteiger partial charge in [-0.1, -0.05) is 0 Å². The molecular weight excluding hydrogens is 262 g/mol. The Morgan fingerprint density at radius 1 is 1.35 bits per heavy atom. The lowest BCUT2D eigenvalue weighted by atomic mass is 9.83. The average Bonchev–Trinajstić information content (AvgIpc) is 2.50. The number of rotatable bonds is 3. The Kier molecular flexibility index (Phi) is 3.60. The molecule has 0 saturated carbocycles. The minimum Gasteiger partial charge on any atom is -0.398 e. The normalized spacial score (nSPS) is 20.1. The smallest absolute Gasteiger partial charge is 0.398 e. The lowest BCUT2D eigenvalue weighted by Crippen LogP contribution is -2.41. The lowest BCUT2D eigenvalue weighted by molar-refractivity contribution is -0.117. The molecule has 7 heteroatoms. The molecule has 0 radical (unpaired) electrons. The monoisotopic (exact) mass is 280 g/mol. The largest absolute Gasteiger partial charge is 0.514 e. The Labute approximate surface area is 117 Å². The van der Waals surface area contributed by atoms with E-state index in [1.165, 1.54) is 6.07 Å². The van der Waals surface area contributed by atoms with E-state index in [1.54, 1.807) is 0 Å². The van der Waals surface area contributed by atoms with Gasteiger partial charge in [0.05, 0.1) is 29.4 Å². The fourth-order valence-corrected chi connectivity index (χ4v) is 1.91. The van der Waals surface area contributed by atoms with E-state index in [9.17, 15) is 9.18 Å².